The quantitative estimate of drug-likeness (QED) is 0.252. The van der Waals surface area contributed by atoms with Crippen LogP contribution in [-0.4, -0.2) is 38.9 Å². The number of halogens is 2. The Morgan fingerprint density at radius 1 is 1.56 bits per heavy atom. The first-order valence-corrected chi connectivity index (χ1v) is 10.2. The van der Waals surface area contributed by atoms with Crippen molar-refractivity contribution in [2.45, 2.75) is 5.03 Å². The molecule has 6 nitrogen and oxygen atoms in total. The Morgan fingerprint density at radius 2 is 2.28 bits per heavy atom. The predicted octanol–water partition coefficient (Wildman–Crippen LogP) is 2.78. The van der Waals surface area contributed by atoms with E-state index in [9.17, 15) is 4.79 Å². The maximum Gasteiger partial charge on any atom is 0.376 e. The van der Waals surface area contributed by atoms with Gasteiger partial charge in [-0.2, -0.15) is 5.10 Å². The van der Waals surface area contributed by atoms with Gasteiger partial charge in [0.25, 0.3) is 0 Å². The summed E-state index contributed by atoms with van der Waals surface area (Å²) in [4.78, 5) is 19.8. The van der Waals surface area contributed by atoms with Crippen LogP contribution >= 0.6 is 51.8 Å². The van der Waals surface area contributed by atoms with E-state index >= 15 is 0 Å². The minimum Gasteiger partial charge on any atom is -0.463 e. The molecule has 1 atom stereocenters. The molecule has 0 fully saturated rings. The number of esters is 1. The first-order valence-electron chi connectivity index (χ1n) is 4.57. The molecule has 0 saturated carbocycles. The molecule has 2 aromatic heterocycles. The number of methoxy groups -OCH3 is 1. The highest BCUT2D eigenvalue weighted by Crippen LogP contribution is 2.35. The zero-order chi connectivity index (χ0) is 13.3. The van der Waals surface area contributed by atoms with Crippen LogP contribution in [0.1, 0.15) is 10.6 Å². The number of carbonyl (C=O) groups is 1. The zero-order valence-corrected chi connectivity index (χ0v) is 14.0. The van der Waals surface area contributed by atoms with E-state index in [4.69, 9.17) is 11.6 Å². The first kappa shape index (κ1) is 14.2. The lowest BCUT2D eigenvalue weighted by Crippen LogP contribution is -2.08. The number of hydrogen-bond donors (Lipinski definition) is 0. The van der Waals surface area contributed by atoms with Crippen LogP contribution in [0.2, 0.25) is 5.15 Å². The summed E-state index contributed by atoms with van der Waals surface area (Å²) in [6.07, 6.45) is 2.18. The fourth-order valence-electron chi connectivity index (χ4n) is 1.34. The number of aromatic nitrogens is 4. The molecule has 0 aliphatic carbocycles. The Morgan fingerprint density at radius 3 is 2.83 bits per heavy atom. The lowest BCUT2D eigenvalue weighted by Gasteiger charge is -2.03. The van der Waals surface area contributed by atoms with Crippen LogP contribution in [0.4, 0.5) is 0 Å². The van der Waals surface area contributed by atoms with Gasteiger partial charge in [-0.25, -0.2) is 19.2 Å². The highest BCUT2D eigenvalue weighted by molar-refractivity contribution is 14.2. The standard InChI is InChI=1S/C8H7ClIN4O2PS/c1-16-8(15)5-11-6-3(7(12-5)18-2)4(9)13-14(6)17-10/h17H,1-2H3. The number of carbonyl (C=O) groups excluding carboxylic acids is 1. The second kappa shape index (κ2) is 5.85. The molecule has 96 valence electrons. The topological polar surface area (TPSA) is 69.9 Å². The van der Waals surface area contributed by atoms with E-state index in [1.807, 2.05) is 6.26 Å². The molecule has 18 heavy (non-hydrogen) atoms. The van der Waals surface area contributed by atoms with E-state index in [-0.39, 0.29) is 5.82 Å². The largest absolute Gasteiger partial charge is 0.463 e. The van der Waals surface area contributed by atoms with Crippen molar-refractivity contribution in [1.82, 2.24) is 19.5 Å². The van der Waals surface area contributed by atoms with Crippen LogP contribution in [0, 0.1) is 0 Å². The molecule has 2 rings (SSSR count). The summed E-state index contributed by atoms with van der Waals surface area (Å²) in [6, 6.07) is 0. The number of nitrogens with zero attached hydrogens (tertiary/aromatic N) is 4. The number of ether oxygens (including phenoxy) is 1. The van der Waals surface area contributed by atoms with Crippen molar-refractivity contribution < 1.29 is 9.53 Å². The van der Waals surface area contributed by atoms with Gasteiger partial charge < -0.3 is 4.74 Å². The summed E-state index contributed by atoms with van der Waals surface area (Å²) in [7, 11) is 1.29. The Balaban J connectivity index is 2.77. The van der Waals surface area contributed by atoms with Crippen molar-refractivity contribution in [3.8, 4) is 0 Å². The highest BCUT2D eigenvalue weighted by atomic mass is 127. The molecule has 0 aliphatic heterocycles. The number of thioether (sulfide) groups is 1. The van der Waals surface area contributed by atoms with Crippen molar-refractivity contribution in [3.05, 3.63) is 11.0 Å². The molecule has 2 heterocycles. The van der Waals surface area contributed by atoms with Gasteiger partial charge in [0.2, 0.25) is 5.82 Å². The van der Waals surface area contributed by atoms with Gasteiger partial charge in [0.15, 0.2) is 10.8 Å². The molecule has 0 aliphatic rings. The SMILES string of the molecule is COC(=O)c1nc(SC)c2c(Cl)nn(PI)c2n1. The van der Waals surface area contributed by atoms with Crippen LogP contribution < -0.4 is 0 Å². The van der Waals surface area contributed by atoms with Crippen molar-refractivity contribution >= 4 is 68.8 Å². The minimum absolute atomic E-state index is 0.0156. The summed E-state index contributed by atoms with van der Waals surface area (Å²) < 4.78 is 6.27. The maximum atomic E-state index is 11.5. The first-order chi connectivity index (χ1) is 8.62. The van der Waals surface area contributed by atoms with Gasteiger partial charge >= 0.3 is 5.97 Å². The predicted molar refractivity (Wildman–Crippen MR) is 81.2 cm³/mol. The lowest BCUT2D eigenvalue weighted by atomic mass is 10.4. The summed E-state index contributed by atoms with van der Waals surface area (Å²) in [5.41, 5.74) is 0.549. The number of rotatable bonds is 3. The molecule has 0 saturated heterocycles. The molecule has 0 radical (unpaired) electrons. The van der Waals surface area contributed by atoms with Crippen LogP contribution in [-0.2, 0) is 4.74 Å². The van der Waals surface area contributed by atoms with Gasteiger partial charge in [0, 0.05) is 0 Å². The van der Waals surface area contributed by atoms with Crippen LogP contribution in [0.25, 0.3) is 11.0 Å². The normalized spacial score (nSPS) is 11.6. The van der Waals surface area contributed by atoms with Crippen molar-refractivity contribution in [2.24, 2.45) is 0 Å². The van der Waals surface area contributed by atoms with Gasteiger partial charge in [-0.15, -0.1) is 11.8 Å². The second-order valence-electron chi connectivity index (χ2n) is 3.03. The summed E-state index contributed by atoms with van der Waals surface area (Å²) in [6.45, 7) is 0. The Kier molecular flexibility index (Phi) is 4.63. The van der Waals surface area contributed by atoms with Crippen LogP contribution in [0.15, 0.2) is 5.03 Å². The smallest absolute Gasteiger partial charge is 0.376 e. The third kappa shape index (κ3) is 2.43. The molecule has 0 aromatic carbocycles. The number of fused-ring (bicyclic) bond motifs is 1. The monoisotopic (exact) mass is 416 g/mol. The minimum atomic E-state index is -0.576. The van der Waals surface area contributed by atoms with Gasteiger partial charge in [0.1, 0.15) is 5.03 Å². The molecule has 0 bridgehead atoms. The van der Waals surface area contributed by atoms with Crippen LogP contribution in [0.5, 0.6) is 0 Å². The third-order valence-electron chi connectivity index (χ3n) is 2.09. The third-order valence-corrected chi connectivity index (χ3v) is 4.88. The molecule has 0 N–H and O–H groups in total. The highest BCUT2D eigenvalue weighted by Gasteiger charge is 2.20. The van der Waals surface area contributed by atoms with Gasteiger partial charge in [-0.1, -0.05) is 11.6 Å². The van der Waals surface area contributed by atoms with Gasteiger partial charge in [-0.3, -0.25) is 0 Å². The molecule has 2 aromatic rings. The number of hydrogen-bond acceptors (Lipinski definition) is 6. The van der Waals surface area contributed by atoms with E-state index in [2.05, 4.69) is 41.8 Å². The summed E-state index contributed by atoms with van der Waals surface area (Å²) in [5, 5.41) is 5.79. The Hall–Kier alpha value is -0.180. The lowest BCUT2D eigenvalue weighted by molar-refractivity contribution is 0.0586. The average Bonchev–Trinajstić information content (AvgIpc) is 2.73. The van der Waals surface area contributed by atoms with Crippen molar-refractivity contribution in [3.63, 3.8) is 0 Å². The van der Waals surface area contributed by atoms with E-state index in [1.165, 1.54) is 18.9 Å². The molecule has 1 unspecified atom stereocenters. The average molecular weight is 417 g/mol. The van der Waals surface area contributed by atoms with Gasteiger partial charge in [-0.05, 0) is 28.3 Å². The Labute approximate surface area is 127 Å². The molecular formula is C8H7ClIN4O2PS. The molecule has 10 heteroatoms. The van der Waals surface area contributed by atoms with Crippen LogP contribution in [0.3, 0.4) is 0 Å². The maximum absolute atomic E-state index is 11.5. The fraction of sp³-hybridized carbons (Fsp3) is 0.250. The van der Waals surface area contributed by atoms with Crippen molar-refractivity contribution in [1.29, 1.82) is 0 Å². The molecule has 0 amide bonds. The summed E-state index contributed by atoms with van der Waals surface area (Å²) >= 11 is 9.61. The zero-order valence-electron chi connectivity index (χ0n) is 9.27. The van der Waals surface area contributed by atoms with Crippen molar-refractivity contribution in [2.75, 3.05) is 13.4 Å². The van der Waals surface area contributed by atoms with E-state index < -0.39 is 5.97 Å². The van der Waals surface area contributed by atoms with E-state index in [0.29, 0.717) is 27.6 Å². The second-order valence-corrected chi connectivity index (χ2v) is 6.23. The van der Waals surface area contributed by atoms with Gasteiger partial charge in [0.05, 0.1) is 18.9 Å². The Bertz CT molecular complexity index is 623. The molecule has 0 spiro atoms. The summed E-state index contributed by atoms with van der Waals surface area (Å²) in [5.74, 6) is -0.560. The van der Waals surface area contributed by atoms with E-state index in [1.54, 1.807) is 4.45 Å². The molecular weight excluding hydrogens is 410 g/mol. The fourth-order valence-corrected chi connectivity index (χ4v) is 3.66. The van der Waals surface area contributed by atoms with E-state index in [0.717, 1.165) is 0 Å².